The van der Waals surface area contributed by atoms with E-state index in [1.54, 1.807) is 13.1 Å². The van der Waals surface area contributed by atoms with E-state index in [4.69, 9.17) is 9.47 Å². The van der Waals surface area contributed by atoms with E-state index in [1.165, 1.54) is 7.11 Å². The molecule has 6 heteroatoms. The molecule has 0 bridgehead atoms. The van der Waals surface area contributed by atoms with E-state index in [1.807, 2.05) is 12.1 Å². The molecule has 1 N–H and O–H groups in total. The van der Waals surface area contributed by atoms with Gasteiger partial charge in [-0.1, -0.05) is 12.1 Å². The standard InChI is InChI=1S/C13H18F3NO2/c1-17-9-10-5-3-6-11(18-2)12(10)19-8-4-7-13(14,15)16/h3,5-6,17H,4,7-9H2,1-2H3. The number of hydrogen-bond acceptors (Lipinski definition) is 3. The number of hydrogen-bond donors (Lipinski definition) is 1. The van der Waals surface area contributed by atoms with Crippen molar-refractivity contribution in [2.45, 2.75) is 25.6 Å². The highest BCUT2D eigenvalue weighted by molar-refractivity contribution is 5.46. The Morgan fingerprint density at radius 3 is 2.58 bits per heavy atom. The molecule has 0 amide bonds. The number of benzene rings is 1. The van der Waals surface area contributed by atoms with Gasteiger partial charge in [-0.3, -0.25) is 0 Å². The number of halogens is 3. The van der Waals surface area contributed by atoms with Crippen molar-refractivity contribution >= 4 is 0 Å². The first-order chi connectivity index (χ1) is 8.98. The molecule has 0 aromatic heterocycles. The number of ether oxygens (including phenoxy) is 2. The van der Waals surface area contributed by atoms with Crippen molar-refractivity contribution in [2.24, 2.45) is 0 Å². The second kappa shape index (κ2) is 7.23. The SMILES string of the molecule is CNCc1cccc(OC)c1OCCCC(F)(F)F. The minimum atomic E-state index is -4.14. The van der Waals surface area contributed by atoms with Crippen LogP contribution in [0.2, 0.25) is 0 Å². The zero-order valence-electron chi connectivity index (χ0n) is 11.0. The molecule has 0 saturated carbocycles. The first-order valence-electron chi connectivity index (χ1n) is 5.98. The normalized spacial score (nSPS) is 11.4. The highest BCUT2D eigenvalue weighted by atomic mass is 19.4. The summed E-state index contributed by atoms with van der Waals surface area (Å²) in [6, 6.07) is 5.38. The zero-order chi connectivity index (χ0) is 14.3. The number of nitrogens with one attached hydrogen (secondary N) is 1. The maximum absolute atomic E-state index is 12.0. The Morgan fingerprint density at radius 1 is 1.26 bits per heavy atom. The predicted octanol–water partition coefficient (Wildman–Crippen LogP) is 3.14. The molecule has 0 spiro atoms. The number of rotatable bonds is 7. The lowest BCUT2D eigenvalue weighted by atomic mass is 10.2. The van der Waals surface area contributed by atoms with E-state index >= 15 is 0 Å². The summed E-state index contributed by atoms with van der Waals surface area (Å²) in [6.45, 7) is 0.572. The molecule has 3 nitrogen and oxygen atoms in total. The van der Waals surface area contributed by atoms with Crippen molar-refractivity contribution in [3.8, 4) is 11.5 Å². The van der Waals surface area contributed by atoms with Gasteiger partial charge in [-0.25, -0.2) is 0 Å². The number of methoxy groups -OCH3 is 1. The Morgan fingerprint density at radius 2 is 2.00 bits per heavy atom. The largest absolute Gasteiger partial charge is 0.493 e. The summed E-state index contributed by atoms with van der Waals surface area (Å²) < 4.78 is 46.7. The molecule has 0 heterocycles. The van der Waals surface area contributed by atoms with E-state index in [9.17, 15) is 13.2 Å². The Labute approximate surface area is 110 Å². The van der Waals surface area contributed by atoms with Gasteiger partial charge < -0.3 is 14.8 Å². The molecular weight excluding hydrogens is 259 g/mol. The summed E-state index contributed by atoms with van der Waals surface area (Å²) in [4.78, 5) is 0. The fraction of sp³-hybridized carbons (Fsp3) is 0.538. The van der Waals surface area contributed by atoms with Crippen molar-refractivity contribution in [1.82, 2.24) is 5.32 Å². The third-order valence-electron chi connectivity index (χ3n) is 2.50. The third kappa shape index (κ3) is 5.38. The Bertz CT molecular complexity index is 394. The van der Waals surface area contributed by atoms with Crippen molar-refractivity contribution in [2.75, 3.05) is 20.8 Å². The number of alkyl halides is 3. The molecule has 0 aliphatic carbocycles. The van der Waals surface area contributed by atoms with E-state index in [2.05, 4.69) is 5.32 Å². The Kier molecular flexibility index (Phi) is 5.95. The van der Waals surface area contributed by atoms with Gasteiger partial charge in [0, 0.05) is 18.5 Å². The van der Waals surface area contributed by atoms with Crippen LogP contribution in [0.25, 0.3) is 0 Å². The molecule has 0 unspecified atom stereocenters. The molecule has 108 valence electrons. The first-order valence-corrected chi connectivity index (χ1v) is 5.98. The van der Waals surface area contributed by atoms with E-state index in [0.717, 1.165) is 5.56 Å². The summed E-state index contributed by atoms with van der Waals surface area (Å²) in [5.41, 5.74) is 0.855. The van der Waals surface area contributed by atoms with E-state index in [0.29, 0.717) is 18.0 Å². The summed E-state index contributed by atoms with van der Waals surface area (Å²) in [7, 11) is 3.29. The smallest absolute Gasteiger partial charge is 0.389 e. The van der Waals surface area contributed by atoms with Gasteiger partial charge in [-0.2, -0.15) is 13.2 Å². The van der Waals surface area contributed by atoms with E-state index in [-0.39, 0.29) is 13.0 Å². The molecule has 0 atom stereocenters. The van der Waals surface area contributed by atoms with Crippen LogP contribution < -0.4 is 14.8 Å². The van der Waals surface area contributed by atoms with E-state index < -0.39 is 12.6 Å². The second-order valence-corrected chi connectivity index (χ2v) is 4.05. The molecule has 1 aromatic carbocycles. The minimum Gasteiger partial charge on any atom is -0.493 e. The van der Waals surface area contributed by atoms with Gasteiger partial charge in [0.1, 0.15) is 0 Å². The highest BCUT2D eigenvalue weighted by Gasteiger charge is 2.26. The third-order valence-corrected chi connectivity index (χ3v) is 2.50. The zero-order valence-corrected chi connectivity index (χ0v) is 11.0. The average molecular weight is 277 g/mol. The van der Waals surface area contributed by atoms with Crippen LogP contribution in [0.3, 0.4) is 0 Å². The lowest BCUT2D eigenvalue weighted by Crippen LogP contribution is -2.12. The lowest BCUT2D eigenvalue weighted by Gasteiger charge is -2.15. The van der Waals surface area contributed by atoms with Crippen molar-refractivity contribution in [1.29, 1.82) is 0 Å². The van der Waals surface area contributed by atoms with Gasteiger partial charge >= 0.3 is 6.18 Å². The van der Waals surface area contributed by atoms with Gasteiger partial charge in [-0.15, -0.1) is 0 Å². The Hall–Kier alpha value is -1.43. The summed E-state index contributed by atoms with van der Waals surface area (Å²) in [5, 5.41) is 2.97. The maximum atomic E-state index is 12.0. The molecule has 19 heavy (non-hydrogen) atoms. The van der Waals surface area contributed by atoms with Crippen LogP contribution in [0, 0.1) is 0 Å². The van der Waals surface area contributed by atoms with Crippen LogP contribution in [0.1, 0.15) is 18.4 Å². The molecule has 1 rings (SSSR count). The van der Waals surface area contributed by atoms with Crippen molar-refractivity contribution in [3.63, 3.8) is 0 Å². The summed E-state index contributed by atoms with van der Waals surface area (Å²) in [5.74, 6) is 1.03. The molecule has 0 fully saturated rings. The van der Waals surface area contributed by atoms with Gasteiger partial charge in [-0.05, 0) is 19.5 Å². The molecule has 0 saturated heterocycles. The van der Waals surface area contributed by atoms with Crippen LogP contribution >= 0.6 is 0 Å². The quantitative estimate of drug-likeness (QED) is 0.777. The molecule has 1 aromatic rings. The number of para-hydroxylation sites is 1. The second-order valence-electron chi connectivity index (χ2n) is 4.05. The van der Waals surface area contributed by atoms with Crippen LogP contribution in [-0.2, 0) is 6.54 Å². The molecule has 0 aliphatic rings. The summed E-state index contributed by atoms with van der Waals surface area (Å²) in [6.07, 6.45) is -5.05. The fourth-order valence-electron chi connectivity index (χ4n) is 1.66. The predicted molar refractivity (Wildman–Crippen MR) is 66.5 cm³/mol. The van der Waals surface area contributed by atoms with Crippen LogP contribution in [0.15, 0.2) is 18.2 Å². The van der Waals surface area contributed by atoms with Crippen molar-refractivity contribution < 1.29 is 22.6 Å². The average Bonchev–Trinajstić information content (AvgIpc) is 2.35. The fourth-order valence-corrected chi connectivity index (χ4v) is 1.66. The topological polar surface area (TPSA) is 30.5 Å². The van der Waals surface area contributed by atoms with Gasteiger partial charge in [0.2, 0.25) is 0 Å². The maximum Gasteiger partial charge on any atom is 0.389 e. The van der Waals surface area contributed by atoms with Crippen LogP contribution in [0.5, 0.6) is 11.5 Å². The molecule has 0 radical (unpaired) electrons. The Balaban J connectivity index is 2.64. The van der Waals surface area contributed by atoms with Crippen molar-refractivity contribution in [3.05, 3.63) is 23.8 Å². The summed E-state index contributed by atoms with van der Waals surface area (Å²) >= 11 is 0. The van der Waals surface area contributed by atoms with Gasteiger partial charge in [0.15, 0.2) is 11.5 Å². The molecular formula is C13H18F3NO2. The minimum absolute atomic E-state index is 0.0105. The molecule has 0 aliphatic heterocycles. The van der Waals surface area contributed by atoms with Gasteiger partial charge in [0.25, 0.3) is 0 Å². The van der Waals surface area contributed by atoms with Crippen LogP contribution in [0.4, 0.5) is 13.2 Å². The van der Waals surface area contributed by atoms with Gasteiger partial charge in [0.05, 0.1) is 13.7 Å². The first kappa shape index (κ1) is 15.6. The lowest BCUT2D eigenvalue weighted by molar-refractivity contribution is -0.136. The monoisotopic (exact) mass is 277 g/mol. The highest BCUT2D eigenvalue weighted by Crippen LogP contribution is 2.31. The van der Waals surface area contributed by atoms with Crippen LogP contribution in [-0.4, -0.2) is 26.9 Å².